The highest BCUT2D eigenvalue weighted by Gasteiger charge is 2.05. The summed E-state index contributed by atoms with van der Waals surface area (Å²) in [6.07, 6.45) is 4.28. The quantitative estimate of drug-likeness (QED) is 0.840. The van der Waals surface area contributed by atoms with Gasteiger partial charge in [-0.25, -0.2) is 4.98 Å². The number of anilines is 1. The number of nitrogens with one attached hydrogen (secondary N) is 1. The Balaban J connectivity index is 2.15. The van der Waals surface area contributed by atoms with Crippen LogP contribution in [0.15, 0.2) is 41.5 Å². The number of nitrogens with zero attached hydrogens (tertiary/aromatic N) is 2. The Hall–Kier alpha value is -2.14. The highest BCUT2D eigenvalue weighted by molar-refractivity contribution is 5.35. The topological polar surface area (TPSA) is 72.9 Å². The summed E-state index contributed by atoms with van der Waals surface area (Å²) in [5.41, 5.74) is 7.78. The van der Waals surface area contributed by atoms with E-state index in [4.69, 9.17) is 5.73 Å². The van der Waals surface area contributed by atoms with Gasteiger partial charge in [0.1, 0.15) is 0 Å². The first-order chi connectivity index (χ1) is 9.76. The van der Waals surface area contributed by atoms with E-state index in [1.807, 2.05) is 31.2 Å². The molecule has 0 aliphatic heterocycles. The van der Waals surface area contributed by atoms with Crippen LogP contribution in [-0.4, -0.2) is 9.55 Å². The van der Waals surface area contributed by atoms with Gasteiger partial charge in [-0.1, -0.05) is 31.2 Å². The molecule has 0 unspecified atom stereocenters. The van der Waals surface area contributed by atoms with Crippen LogP contribution in [0.4, 0.5) is 5.82 Å². The summed E-state index contributed by atoms with van der Waals surface area (Å²) in [6, 6.07) is 7.91. The average Bonchev–Trinajstić information content (AvgIpc) is 2.48. The maximum Gasteiger partial charge on any atom is 0.293 e. The van der Waals surface area contributed by atoms with E-state index in [1.165, 1.54) is 0 Å². The Labute approximate surface area is 118 Å². The number of hydrogen-bond donors (Lipinski definition) is 2. The monoisotopic (exact) mass is 272 g/mol. The molecule has 0 saturated heterocycles. The van der Waals surface area contributed by atoms with Gasteiger partial charge in [-0.2, -0.15) is 0 Å². The van der Waals surface area contributed by atoms with Crippen molar-refractivity contribution < 1.29 is 0 Å². The van der Waals surface area contributed by atoms with Gasteiger partial charge in [-0.05, 0) is 17.5 Å². The van der Waals surface area contributed by atoms with Gasteiger partial charge in [0.2, 0.25) is 0 Å². The van der Waals surface area contributed by atoms with Crippen LogP contribution in [0.2, 0.25) is 0 Å². The SMILES string of the molecule is CCCn1ccnc(NCc2ccccc2CN)c1=O. The lowest BCUT2D eigenvalue weighted by molar-refractivity contribution is 0.649. The molecule has 20 heavy (non-hydrogen) atoms. The molecule has 0 amide bonds. The summed E-state index contributed by atoms with van der Waals surface area (Å²) in [4.78, 5) is 16.3. The van der Waals surface area contributed by atoms with Crippen molar-refractivity contribution in [1.82, 2.24) is 9.55 Å². The second kappa shape index (κ2) is 6.86. The highest BCUT2D eigenvalue weighted by atomic mass is 16.1. The van der Waals surface area contributed by atoms with Crippen molar-refractivity contribution in [2.45, 2.75) is 33.0 Å². The molecular weight excluding hydrogens is 252 g/mol. The Kier molecular flexibility index (Phi) is 4.90. The zero-order chi connectivity index (χ0) is 14.4. The molecule has 1 heterocycles. The van der Waals surface area contributed by atoms with Crippen molar-refractivity contribution in [2.24, 2.45) is 5.73 Å². The van der Waals surface area contributed by atoms with Crippen molar-refractivity contribution in [3.05, 3.63) is 58.1 Å². The molecule has 0 fully saturated rings. The molecule has 1 aromatic carbocycles. The van der Waals surface area contributed by atoms with Crippen molar-refractivity contribution in [3.8, 4) is 0 Å². The third kappa shape index (κ3) is 3.24. The highest BCUT2D eigenvalue weighted by Crippen LogP contribution is 2.09. The van der Waals surface area contributed by atoms with Crippen LogP contribution in [0, 0.1) is 0 Å². The van der Waals surface area contributed by atoms with Crippen LogP contribution in [-0.2, 0) is 19.6 Å². The van der Waals surface area contributed by atoms with Crippen LogP contribution in [0.3, 0.4) is 0 Å². The normalized spacial score (nSPS) is 10.5. The van der Waals surface area contributed by atoms with E-state index in [-0.39, 0.29) is 5.56 Å². The van der Waals surface area contributed by atoms with E-state index in [0.717, 1.165) is 17.5 Å². The molecule has 2 rings (SSSR count). The molecule has 5 heteroatoms. The Morgan fingerprint density at radius 3 is 2.75 bits per heavy atom. The van der Waals surface area contributed by atoms with Gasteiger partial charge < -0.3 is 15.6 Å². The van der Waals surface area contributed by atoms with Gasteiger partial charge in [0, 0.05) is 32.0 Å². The molecule has 0 aliphatic carbocycles. The summed E-state index contributed by atoms with van der Waals surface area (Å²) in [7, 11) is 0. The van der Waals surface area contributed by atoms with Crippen LogP contribution < -0.4 is 16.6 Å². The first-order valence-corrected chi connectivity index (χ1v) is 6.82. The average molecular weight is 272 g/mol. The summed E-state index contributed by atoms with van der Waals surface area (Å²) in [6.45, 7) is 3.78. The van der Waals surface area contributed by atoms with E-state index in [1.54, 1.807) is 17.0 Å². The molecule has 0 aliphatic rings. The fraction of sp³-hybridized carbons (Fsp3) is 0.333. The van der Waals surface area contributed by atoms with Crippen molar-refractivity contribution >= 4 is 5.82 Å². The lowest BCUT2D eigenvalue weighted by atomic mass is 10.1. The van der Waals surface area contributed by atoms with Gasteiger partial charge in [0.25, 0.3) is 5.56 Å². The Morgan fingerprint density at radius 1 is 1.30 bits per heavy atom. The number of aromatic nitrogens is 2. The molecule has 2 aromatic rings. The molecular formula is C15H20N4O. The molecule has 106 valence electrons. The van der Waals surface area contributed by atoms with Crippen LogP contribution in [0.5, 0.6) is 0 Å². The molecule has 1 aromatic heterocycles. The third-order valence-electron chi connectivity index (χ3n) is 3.16. The minimum atomic E-state index is -0.0837. The second-order valence-corrected chi connectivity index (χ2v) is 4.60. The van der Waals surface area contributed by atoms with Crippen LogP contribution in [0.1, 0.15) is 24.5 Å². The fourth-order valence-corrected chi connectivity index (χ4v) is 2.09. The van der Waals surface area contributed by atoms with Crippen LogP contribution in [0.25, 0.3) is 0 Å². The van der Waals surface area contributed by atoms with E-state index in [9.17, 15) is 4.79 Å². The molecule has 0 bridgehead atoms. The minimum absolute atomic E-state index is 0.0837. The van der Waals surface area contributed by atoms with Gasteiger partial charge in [-0.3, -0.25) is 4.79 Å². The van der Waals surface area contributed by atoms with E-state index in [0.29, 0.717) is 25.5 Å². The lowest BCUT2D eigenvalue weighted by Gasteiger charge is -2.10. The number of rotatable bonds is 6. The van der Waals surface area contributed by atoms with Gasteiger partial charge in [-0.15, -0.1) is 0 Å². The standard InChI is InChI=1S/C15H20N4O/c1-2-8-19-9-7-17-14(15(19)20)18-11-13-6-4-3-5-12(13)10-16/h3-7,9H,2,8,10-11,16H2,1H3,(H,17,18). The van der Waals surface area contributed by atoms with E-state index in [2.05, 4.69) is 10.3 Å². The summed E-state index contributed by atoms with van der Waals surface area (Å²) >= 11 is 0. The van der Waals surface area contributed by atoms with Crippen molar-refractivity contribution in [3.63, 3.8) is 0 Å². The van der Waals surface area contributed by atoms with Crippen molar-refractivity contribution in [1.29, 1.82) is 0 Å². The van der Waals surface area contributed by atoms with Crippen molar-refractivity contribution in [2.75, 3.05) is 5.32 Å². The molecule has 0 atom stereocenters. The summed E-state index contributed by atoms with van der Waals surface area (Å²) < 4.78 is 1.67. The molecule has 0 radical (unpaired) electrons. The number of hydrogen-bond acceptors (Lipinski definition) is 4. The Bertz CT molecular complexity index is 621. The van der Waals surface area contributed by atoms with Crippen LogP contribution >= 0.6 is 0 Å². The predicted octanol–water partition coefficient (Wildman–Crippen LogP) is 1.72. The van der Waals surface area contributed by atoms with Gasteiger partial charge in [0.05, 0.1) is 0 Å². The maximum absolute atomic E-state index is 12.1. The van der Waals surface area contributed by atoms with Gasteiger partial charge in [0.15, 0.2) is 5.82 Å². The fourth-order valence-electron chi connectivity index (χ4n) is 2.09. The number of benzene rings is 1. The maximum atomic E-state index is 12.1. The zero-order valence-corrected chi connectivity index (χ0v) is 11.7. The predicted molar refractivity (Wildman–Crippen MR) is 80.4 cm³/mol. The first kappa shape index (κ1) is 14.3. The molecule has 3 N–H and O–H groups in total. The zero-order valence-electron chi connectivity index (χ0n) is 11.7. The molecule has 0 saturated carbocycles. The van der Waals surface area contributed by atoms with Gasteiger partial charge >= 0.3 is 0 Å². The number of aryl methyl sites for hydroxylation is 1. The molecule has 0 spiro atoms. The van der Waals surface area contributed by atoms with E-state index >= 15 is 0 Å². The minimum Gasteiger partial charge on any atom is -0.361 e. The third-order valence-corrected chi connectivity index (χ3v) is 3.16. The van der Waals surface area contributed by atoms with E-state index < -0.39 is 0 Å². The lowest BCUT2D eigenvalue weighted by Crippen LogP contribution is -2.24. The molecule has 5 nitrogen and oxygen atoms in total. The smallest absolute Gasteiger partial charge is 0.293 e. The largest absolute Gasteiger partial charge is 0.361 e. The first-order valence-electron chi connectivity index (χ1n) is 6.82. The Morgan fingerprint density at radius 2 is 2.05 bits per heavy atom. The number of nitrogens with two attached hydrogens (primary N) is 1. The second-order valence-electron chi connectivity index (χ2n) is 4.60. The summed E-state index contributed by atoms with van der Waals surface area (Å²) in [5, 5.41) is 3.10. The summed E-state index contributed by atoms with van der Waals surface area (Å²) in [5.74, 6) is 0.382.